The summed E-state index contributed by atoms with van der Waals surface area (Å²) in [6.07, 6.45) is 4.42. The third-order valence-corrected chi connectivity index (χ3v) is 6.08. The molecule has 0 spiro atoms. The van der Waals surface area contributed by atoms with Gasteiger partial charge in [0, 0.05) is 51.1 Å². The summed E-state index contributed by atoms with van der Waals surface area (Å²) in [7, 11) is -3.35. The largest absolute Gasteiger partial charge is 0.335 e. The summed E-state index contributed by atoms with van der Waals surface area (Å²) >= 11 is 0. The number of hydrogen-bond donors (Lipinski definition) is 0. The molecule has 0 radical (unpaired) electrons. The highest BCUT2D eigenvalue weighted by Gasteiger charge is 2.28. The molecule has 2 aliphatic rings. The minimum Gasteiger partial charge on any atom is -0.335 e. The maximum Gasteiger partial charge on any atom is 0.320 e. The molecule has 0 saturated carbocycles. The van der Waals surface area contributed by atoms with E-state index >= 15 is 0 Å². The van der Waals surface area contributed by atoms with Crippen molar-refractivity contribution >= 4 is 21.8 Å². The topological polar surface area (TPSA) is 78.0 Å². The molecular weight excluding hydrogens is 354 g/mol. The summed E-state index contributed by atoms with van der Waals surface area (Å²) in [5, 5.41) is 0. The summed E-state index contributed by atoms with van der Waals surface area (Å²) in [5.41, 5.74) is 0.365. The molecule has 0 N–H and O–H groups in total. The molecule has 0 bridgehead atoms. The van der Waals surface area contributed by atoms with E-state index < -0.39 is 9.84 Å². The predicted octanol–water partition coefficient (Wildman–Crippen LogP) is 1.45. The monoisotopic (exact) mass is 379 g/mol. The lowest BCUT2D eigenvalue weighted by Crippen LogP contribution is -2.54. The Labute approximate surface area is 154 Å². The Bertz CT molecular complexity index is 779. The predicted molar refractivity (Wildman–Crippen MR) is 97.8 cm³/mol. The highest BCUT2D eigenvalue weighted by molar-refractivity contribution is 7.90. The van der Waals surface area contributed by atoms with Crippen molar-refractivity contribution in [1.29, 1.82) is 0 Å². The van der Waals surface area contributed by atoms with Crippen molar-refractivity contribution in [3.63, 3.8) is 0 Å². The maximum atomic E-state index is 12.7. The van der Waals surface area contributed by atoms with Gasteiger partial charge < -0.3 is 14.7 Å². The Kier molecular flexibility index (Phi) is 5.50. The van der Waals surface area contributed by atoms with E-state index in [1.807, 2.05) is 9.80 Å². The van der Waals surface area contributed by atoms with Crippen LogP contribution >= 0.6 is 0 Å². The summed E-state index contributed by atoms with van der Waals surface area (Å²) in [4.78, 5) is 30.7. The molecule has 2 fully saturated rings. The van der Waals surface area contributed by atoms with Crippen molar-refractivity contribution in [1.82, 2.24) is 14.7 Å². The van der Waals surface area contributed by atoms with Gasteiger partial charge in [-0.25, -0.2) is 13.2 Å². The number of carbonyl (C=O) groups excluding carboxylic acids is 2. The average molecular weight is 379 g/mol. The number of urea groups is 1. The minimum atomic E-state index is -3.35. The molecule has 0 aliphatic carbocycles. The van der Waals surface area contributed by atoms with Crippen LogP contribution < -0.4 is 0 Å². The first-order valence-electron chi connectivity index (χ1n) is 8.99. The van der Waals surface area contributed by atoms with E-state index in [2.05, 4.69) is 0 Å². The lowest BCUT2D eigenvalue weighted by Gasteiger charge is -2.38. The zero-order valence-corrected chi connectivity index (χ0v) is 15.9. The van der Waals surface area contributed by atoms with Crippen LogP contribution in [0.3, 0.4) is 0 Å². The van der Waals surface area contributed by atoms with Crippen molar-refractivity contribution in [3.05, 3.63) is 29.8 Å². The molecule has 0 atom stereocenters. The van der Waals surface area contributed by atoms with Crippen LogP contribution in [-0.4, -0.2) is 80.6 Å². The van der Waals surface area contributed by atoms with E-state index in [1.165, 1.54) is 18.6 Å². The number of carbonyl (C=O) groups is 2. The average Bonchev–Trinajstić information content (AvgIpc) is 2.67. The summed E-state index contributed by atoms with van der Waals surface area (Å²) < 4.78 is 23.4. The van der Waals surface area contributed by atoms with E-state index in [-0.39, 0.29) is 16.8 Å². The molecular formula is C18H25N3O4S. The van der Waals surface area contributed by atoms with Gasteiger partial charge in [-0.05, 0) is 37.5 Å². The van der Waals surface area contributed by atoms with Gasteiger partial charge in [-0.1, -0.05) is 6.07 Å². The molecule has 1 aromatic rings. The molecule has 1 aromatic carbocycles. The van der Waals surface area contributed by atoms with Crippen LogP contribution in [0.15, 0.2) is 29.2 Å². The second kappa shape index (κ2) is 7.65. The fraction of sp³-hybridized carbons (Fsp3) is 0.556. The van der Waals surface area contributed by atoms with Crippen LogP contribution in [0, 0.1) is 0 Å². The Morgan fingerprint density at radius 1 is 0.846 bits per heavy atom. The van der Waals surface area contributed by atoms with Gasteiger partial charge in [-0.3, -0.25) is 4.79 Å². The Balaban J connectivity index is 1.61. The summed E-state index contributed by atoms with van der Waals surface area (Å²) in [6.45, 7) is 3.56. The normalized spacial score (nSPS) is 18.7. The second-order valence-electron chi connectivity index (χ2n) is 6.91. The van der Waals surface area contributed by atoms with Crippen LogP contribution in [0.5, 0.6) is 0 Å². The van der Waals surface area contributed by atoms with Gasteiger partial charge in [0.05, 0.1) is 4.90 Å². The van der Waals surface area contributed by atoms with Gasteiger partial charge in [0.25, 0.3) is 5.91 Å². The first kappa shape index (κ1) is 18.7. The molecule has 3 rings (SSSR count). The molecule has 142 valence electrons. The van der Waals surface area contributed by atoms with Gasteiger partial charge in [0.1, 0.15) is 0 Å². The number of likely N-dealkylation sites (tertiary alicyclic amines) is 1. The van der Waals surface area contributed by atoms with Crippen LogP contribution in [0.4, 0.5) is 4.79 Å². The van der Waals surface area contributed by atoms with E-state index in [4.69, 9.17) is 0 Å². The minimum absolute atomic E-state index is 0.0656. The fourth-order valence-corrected chi connectivity index (χ4v) is 4.10. The van der Waals surface area contributed by atoms with Crippen molar-refractivity contribution in [2.45, 2.75) is 24.2 Å². The fourth-order valence-electron chi connectivity index (χ4n) is 3.43. The SMILES string of the molecule is CS(=O)(=O)c1cccc(C(=O)N2CCN(C(=O)N3CCCCC3)CC2)c1. The molecule has 0 unspecified atom stereocenters. The Hall–Kier alpha value is -2.09. The number of piperazine rings is 1. The maximum absolute atomic E-state index is 12.7. The van der Waals surface area contributed by atoms with E-state index in [1.54, 1.807) is 17.0 Å². The van der Waals surface area contributed by atoms with Crippen molar-refractivity contribution in [2.75, 3.05) is 45.5 Å². The number of hydrogen-bond acceptors (Lipinski definition) is 4. The molecule has 7 nitrogen and oxygen atoms in total. The number of piperidine rings is 1. The molecule has 8 heteroatoms. The van der Waals surface area contributed by atoms with Gasteiger partial charge in [0.2, 0.25) is 0 Å². The van der Waals surface area contributed by atoms with E-state index in [0.29, 0.717) is 31.7 Å². The number of sulfone groups is 1. The van der Waals surface area contributed by atoms with Crippen LogP contribution in [-0.2, 0) is 9.84 Å². The van der Waals surface area contributed by atoms with Crippen LogP contribution in [0.1, 0.15) is 29.6 Å². The van der Waals surface area contributed by atoms with E-state index in [9.17, 15) is 18.0 Å². The number of nitrogens with zero attached hydrogens (tertiary/aromatic N) is 3. The van der Waals surface area contributed by atoms with Crippen molar-refractivity contribution in [2.24, 2.45) is 0 Å². The highest BCUT2D eigenvalue weighted by atomic mass is 32.2. The molecule has 2 heterocycles. The van der Waals surface area contributed by atoms with Gasteiger partial charge in [-0.2, -0.15) is 0 Å². The van der Waals surface area contributed by atoms with Gasteiger partial charge >= 0.3 is 6.03 Å². The highest BCUT2D eigenvalue weighted by Crippen LogP contribution is 2.16. The molecule has 2 aliphatic heterocycles. The van der Waals surface area contributed by atoms with Crippen LogP contribution in [0.2, 0.25) is 0 Å². The zero-order chi connectivity index (χ0) is 18.7. The quantitative estimate of drug-likeness (QED) is 0.779. The first-order valence-corrected chi connectivity index (χ1v) is 10.9. The standard InChI is InChI=1S/C18H25N3O4S/c1-26(24,25)16-7-5-6-15(14-16)17(22)19-10-12-21(13-11-19)18(23)20-8-3-2-4-9-20/h5-7,14H,2-4,8-13H2,1H3. The Morgan fingerprint density at radius 2 is 1.42 bits per heavy atom. The van der Waals surface area contributed by atoms with Gasteiger partial charge in [0.15, 0.2) is 9.84 Å². The molecule has 26 heavy (non-hydrogen) atoms. The number of benzene rings is 1. The van der Waals surface area contributed by atoms with Crippen LogP contribution in [0.25, 0.3) is 0 Å². The third-order valence-electron chi connectivity index (χ3n) is 4.97. The van der Waals surface area contributed by atoms with Crippen molar-refractivity contribution < 1.29 is 18.0 Å². The lowest BCUT2D eigenvalue weighted by molar-refractivity contribution is 0.0632. The molecule has 0 aromatic heterocycles. The molecule has 3 amide bonds. The zero-order valence-electron chi connectivity index (χ0n) is 15.1. The number of rotatable bonds is 2. The third kappa shape index (κ3) is 4.17. The lowest BCUT2D eigenvalue weighted by atomic mass is 10.1. The Morgan fingerprint density at radius 3 is 2.04 bits per heavy atom. The number of amides is 3. The molecule has 2 saturated heterocycles. The van der Waals surface area contributed by atoms with E-state index in [0.717, 1.165) is 32.2 Å². The first-order chi connectivity index (χ1) is 12.4. The summed E-state index contributed by atoms with van der Waals surface area (Å²) in [5.74, 6) is -0.194. The van der Waals surface area contributed by atoms with Crippen molar-refractivity contribution in [3.8, 4) is 0 Å². The summed E-state index contributed by atoms with van der Waals surface area (Å²) in [6, 6.07) is 6.18. The smallest absolute Gasteiger partial charge is 0.320 e. The second-order valence-corrected chi connectivity index (χ2v) is 8.93. The van der Waals surface area contributed by atoms with Gasteiger partial charge in [-0.15, -0.1) is 0 Å².